The Hall–Kier alpha value is -0.393. The molecule has 0 fully saturated rings. The van der Waals surface area contributed by atoms with Crippen LogP contribution in [-0.2, 0) is 9.59 Å². The molecule has 0 aromatic rings. The zero-order valence-corrected chi connectivity index (χ0v) is 9.38. The molecule has 0 radical (unpaired) electrons. The number of nitrogens with two attached hydrogens (primary N) is 1. The van der Waals surface area contributed by atoms with E-state index in [2.05, 4.69) is 13.8 Å². The molecule has 1 unspecified atom stereocenters. The summed E-state index contributed by atoms with van der Waals surface area (Å²) in [5.74, 6) is -0.613. The van der Waals surface area contributed by atoms with E-state index in [-0.39, 0.29) is 36.5 Å². The molecule has 1 atom stereocenters. The second-order valence-corrected chi connectivity index (χ2v) is 2.79. The summed E-state index contributed by atoms with van der Waals surface area (Å²) in [6, 6.07) is 0. The van der Waals surface area contributed by atoms with Crippen molar-refractivity contribution in [2.24, 2.45) is 11.7 Å². The zero-order valence-electron chi connectivity index (χ0n) is 9.38. The smallest absolute Gasteiger partial charge is 0.372 e. The Morgan fingerprint density at radius 2 is 1.86 bits per heavy atom. The van der Waals surface area contributed by atoms with Crippen molar-refractivity contribution in [2.75, 3.05) is 0 Å². The van der Waals surface area contributed by atoms with E-state index in [1.165, 1.54) is 6.92 Å². The van der Waals surface area contributed by atoms with Gasteiger partial charge in [0.1, 0.15) is 0 Å². The van der Waals surface area contributed by atoms with Gasteiger partial charge in [0, 0.05) is 0 Å². The van der Waals surface area contributed by atoms with E-state index in [9.17, 15) is 9.59 Å². The maximum absolute atomic E-state index is 10.4. The van der Waals surface area contributed by atoms with Crippen LogP contribution in [0.5, 0.6) is 0 Å². The monoisotopic (exact) mass is 191 g/mol. The van der Waals surface area contributed by atoms with E-state index in [1.54, 1.807) is 0 Å². The van der Waals surface area contributed by atoms with Crippen LogP contribution < -0.4 is 24.6 Å². The predicted octanol–water partition coefficient (Wildman–Crippen LogP) is -1.66. The standard InChI is InChI=1S/C7H13NO.C3H5O.Li/c1-3-4-5-6(2)7(8)9;1-3(2)4;/h3,6H,2,4-5H2,1H3,(H2,8,9);1H2,2H3;/q-2;-1;+1. The number of carbonyl (C=O) groups excluding carboxylic acids is 2. The third-order valence-electron chi connectivity index (χ3n) is 1.21. The van der Waals surface area contributed by atoms with Gasteiger partial charge in [-0.2, -0.15) is 13.3 Å². The minimum Gasteiger partial charge on any atom is -0.372 e. The fourth-order valence-electron chi connectivity index (χ4n) is 0.510. The van der Waals surface area contributed by atoms with Gasteiger partial charge in [0.25, 0.3) is 0 Å². The number of amides is 1. The Balaban J connectivity index is -0.000000209. The molecule has 0 aliphatic carbocycles. The van der Waals surface area contributed by atoms with E-state index in [0.717, 1.165) is 12.8 Å². The maximum Gasteiger partial charge on any atom is 1.00 e. The predicted molar refractivity (Wildman–Crippen MR) is 53.3 cm³/mol. The molecular weight excluding hydrogens is 173 g/mol. The van der Waals surface area contributed by atoms with Crippen LogP contribution in [0, 0.1) is 26.2 Å². The quantitative estimate of drug-likeness (QED) is 0.427. The van der Waals surface area contributed by atoms with Gasteiger partial charge >= 0.3 is 18.9 Å². The number of hydrogen-bond acceptors (Lipinski definition) is 2. The van der Waals surface area contributed by atoms with E-state index in [4.69, 9.17) is 5.73 Å². The molecule has 0 aromatic heterocycles. The molecule has 0 aliphatic heterocycles. The van der Waals surface area contributed by atoms with Gasteiger partial charge in [-0.15, -0.1) is 0 Å². The first-order valence-electron chi connectivity index (χ1n) is 4.14. The first-order valence-corrected chi connectivity index (χ1v) is 4.14. The zero-order chi connectivity index (χ0) is 10.9. The summed E-state index contributed by atoms with van der Waals surface area (Å²) in [7, 11) is 0. The van der Waals surface area contributed by atoms with Crippen LogP contribution in [-0.4, -0.2) is 11.7 Å². The van der Waals surface area contributed by atoms with Gasteiger partial charge in [0.15, 0.2) is 5.91 Å². The maximum atomic E-state index is 10.4. The summed E-state index contributed by atoms with van der Waals surface area (Å²) in [4.78, 5) is 19.7. The second kappa shape index (κ2) is 12.6. The number of carbonyl (C=O) groups is 2. The molecule has 0 aromatic carbocycles. The fraction of sp³-hybridized carbons (Fsp3) is 0.500. The Morgan fingerprint density at radius 1 is 1.50 bits per heavy atom. The molecule has 0 saturated carbocycles. The molecule has 14 heavy (non-hydrogen) atoms. The van der Waals surface area contributed by atoms with E-state index in [0.29, 0.717) is 0 Å². The molecule has 0 rings (SSSR count). The Labute approximate surface area is 99.0 Å². The third-order valence-corrected chi connectivity index (χ3v) is 1.21. The molecule has 4 heteroatoms. The van der Waals surface area contributed by atoms with E-state index >= 15 is 0 Å². The molecule has 1 amide bonds. The average molecular weight is 191 g/mol. The van der Waals surface area contributed by atoms with Gasteiger partial charge in [-0.1, -0.05) is 12.3 Å². The van der Waals surface area contributed by atoms with Crippen LogP contribution in [0.15, 0.2) is 0 Å². The van der Waals surface area contributed by atoms with Crippen molar-refractivity contribution in [3.05, 3.63) is 20.3 Å². The average Bonchev–Trinajstić information content (AvgIpc) is 1.98. The molecule has 0 bridgehead atoms. The summed E-state index contributed by atoms with van der Waals surface area (Å²) in [6.45, 7) is 9.95. The second-order valence-electron chi connectivity index (χ2n) is 2.79. The van der Waals surface area contributed by atoms with Gasteiger partial charge < -0.3 is 30.8 Å². The summed E-state index contributed by atoms with van der Waals surface area (Å²) >= 11 is 0. The number of primary amides is 1. The van der Waals surface area contributed by atoms with Crippen LogP contribution in [0.2, 0.25) is 0 Å². The number of hydrogen-bond donors (Lipinski definition) is 1. The molecular formula is C10H18LiNO2-2. The molecule has 2 N–H and O–H groups in total. The van der Waals surface area contributed by atoms with Crippen LogP contribution in [0.3, 0.4) is 0 Å². The minimum absolute atomic E-state index is 0. The van der Waals surface area contributed by atoms with Crippen molar-refractivity contribution in [3.8, 4) is 0 Å². The van der Waals surface area contributed by atoms with Gasteiger partial charge in [-0.05, 0) is 12.7 Å². The van der Waals surface area contributed by atoms with Crippen LogP contribution in [0.4, 0.5) is 0 Å². The van der Waals surface area contributed by atoms with Crippen LogP contribution in [0.1, 0.15) is 26.7 Å². The molecule has 0 saturated heterocycles. The largest absolute Gasteiger partial charge is 1.00 e. The van der Waals surface area contributed by atoms with Gasteiger partial charge in [-0.3, -0.25) is 4.79 Å². The van der Waals surface area contributed by atoms with Crippen molar-refractivity contribution >= 4 is 11.7 Å². The third kappa shape index (κ3) is 22.6. The molecule has 0 spiro atoms. The summed E-state index contributed by atoms with van der Waals surface area (Å²) in [6.07, 6.45) is 3.68. The number of rotatable bonds is 4. The van der Waals surface area contributed by atoms with Gasteiger partial charge in [0.05, 0.1) is 0 Å². The van der Waals surface area contributed by atoms with Crippen molar-refractivity contribution in [1.82, 2.24) is 0 Å². The van der Waals surface area contributed by atoms with Crippen LogP contribution in [0.25, 0.3) is 0 Å². The molecule has 0 heterocycles. The fourth-order valence-corrected chi connectivity index (χ4v) is 0.510. The molecule has 0 aliphatic rings. The first kappa shape index (κ1) is 19.2. The van der Waals surface area contributed by atoms with Crippen molar-refractivity contribution in [2.45, 2.75) is 26.7 Å². The molecule has 3 nitrogen and oxygen atoms in total. The number of ketones is 1. The SMILES string of the molecule is [CH2-]C(C)=O.[CH2-]C(CC[CH-]C)C(N)=O.[Li+]. The number of unbranched alkanes of at least 4 members (excludes halogenated alkanes) is 1. The first-order chi connectivity index (χ1) is 5.91. The van der Waals surface area contributed by atoms with Gasteiger partial charge in [0.2, 0.25) is 0 Å². The normalized spacial score (nSPS) is 10.2. The van der Waals surface area contributed by atoms with E-state index < -0.39 is 0 Å². The Bertz CT molecular complexity index is 156. The van der Waals surface area contributed by atoms with Crippen molar-refractivity contribution in [3.63, 3.8) is 0 Å². The van der Waals surface area contributed by atoms with Crippen LogP contribution >= 0.6 is 0 Å². The van der Waals surface area contributed by atoms with Crippen molar-refractivity contribution in [1.29, 1.82) is 0 Å². The summed E-state index contributed by atoms with van der Waals surface area (Å²) in [5.41, 5.74) is 4.96. The molecule has 78 valence electrons. The number of Topliss-reactive ketones (excluding diaryl/α,β-unsaturated/α-hetero) is 1. The topological polar surface area (TPSA) is 60.2 Å². The Kier molecular flexibility index (Phi) is 17.3. The minimum atomic E-state index is -0.308. The Morgan fingerprint density at radius 3 is 2.07 bits per heavy atom. The van der Waals surface area contributed by atoms with Gasteiger partial charge in [-0.25, -0.2) is 0 Å². The van der Waals surface area contributed by atoms with E-state index in [1.807, 2.05) is 13.3 Å². The summed E-state index contributed by atoms with van der Waals surface area (Å²) in [5, 5.41) is 0. The van der Waals surface area contributed by atoms with Crippen molar-refractivity contribution < 1.29 is 28.4 Å². The summed E-state index contributed by atoms with van der Waals surface area (Å²) < 4.78 is 0.